The molecule has 3 nitrogen and oxygen atoms in total. The molecule has 0 aliphatic carbocycles. The molecule has 1 unspecified atom stereocenters. The van der Waals surface area contributed by atoms with Crippen LogP contribution in [-0.4, -0.2) is 25.0 Å². The summed E-state index contributed by atoms with van der Waals surface area (Å²) >= 11 is 2.88. The lowest BCUT2D eigenvalue weighted by Gasteiger charge is -2.22. The zero-order chi connectivity index (χ0) is 12.8. The van der Waals surface area contributed by atoms with E-state index < -0.39 is 38.4 Å². The van der Waals surface area contributed by atoms with Gasteiger partial charge in [0.15, 0.2) is 9.84 Å². The first kappa shape index (κ1) is 12.9. The smallest absolute Gasteiger partial charge is 0.153 e. The summed E-state index contributed by atoms with van der Waals surface area (Å²) in [6, 6.07) is 2.16. The summed E-state index contributed by atoms with van der Waals surface area (Å²) in [6.45, 7) is 0. The highest BCUT2D eigenvalue weighted by atomic mass is 79.9. The van der Waals surface area contributed by atoms with Gasteiger partial charge in [0, 0.05) is 0 Å². The minimum Gasteiger partial charge on any atom is -0.384 e. The van der Waals surface area contributed by atoms with E-state index in [0.717, 1.165) is 6.07 Å². The molecular weight excluding hydrogens is 318 g/mol. The first-order valence-corrected chi connectivity index (χ1v) is 7.43. The van der Waals surface area contributed by atoms with Crippen molar-refractivity contribution in [2.45, 2.75) is 12.0 Å². The number of aliphatic hydroxyl groups is 1. The molecule has 0 bridgehead atoms. The summed E-state index contributed by atoms with van der Waals surface area (Å²) in [4.78, 5) is 0. The highest BCUT2D eigenvalue weighted by Crippen LogP contribution is 2.38. The Morgan fingerprint density at radius 2 is 2.00 bits per heavy atom. The summed E-state index contributed by atoms with van der Waals surface area (Å²) in [5.41, 5.74) is -2.55. The second-order valence-corrected chi connectivity index (χ2v) is 7.13. The summed E-state index contributed by atoms with van der Waals surface area (Å²) < 4.78 is 49.9. The number of halogens is 3. The molecule has 0 saturated carbocycles. The fraction of sp³-hybridized carbons (Fsp3) is 0.400. The molecule has 1 N–H and O–H groups in total. The standard InChI is InChI=1S/C10H9BrF2O3S/c11-6-1-2-7(12)8(9(6)13)10(14)3-4-17(15,16)5-10/h1-2,14H,3-5H2. The molecule has 1 aromatic rings. The molecule has 1 saturated heterocycles. The van der Waals surface area contributed by atoms with Gasteiger partial charge in [0.1, 0.15) is 17.2 Å². The molecule has 0 radical (unpaired) electrons. The summed E-state index contributed by atoms with van der Waals surface area (Å²) in [6.07, 6.45) is -0.195. The maximum Gasteiger partial charge on any atom is 0.153 e. The lowest BCUT2D eigenvalue weighted by Crippen LogP contribution is -2.29. The van der Waals surface area contributed by atoms with Crippen LogP contribution in [0.2, 0.25) is 0 Å². The predicted octanol–water partition coefficient (Wildman–Crippen LogP) is 1.73. The lowest BCUT2D eigenvalue weighted by atomic mass is 9.92. The van der Waals surface area contributed by atoms with Gasteiger partial charge in [-0.3, -0.25) is 0 Å². The van der Waals surface area contributed by atoms with Gasteiger partial charge < -0.3 is 5.11 Å². The van der Waals surface area contributed by atoms with E-state index in [1.807, 2.05) is 0 Å². The van der Waals surface area contributed by atoms with E-state index in [2.05, 4.69) is 15.9 Å². The highest BCUT2D eigenvalue weighted by molar-refractivity contribution is 9.10. The first-order valence-electron chi connectivity index (χ1n) is 4.82. The van der Waals surface area contributed by atoms with Crippen molar-refractivity contribution in [2.24, 2.45) is 0 Å². The Morgan fingerprint density at radius 1 is 1.35 bits per heavy atom. The quantitative estimate of drug-likeness (QED) is 0.800. The molecule has 1 aliphatic rings. The second kappa shape index (κ2) is 4.00. The van der Waals surface area contributed by atoms with Gasteiger partial charge in [0.05, 0.1) is 21.5 Å². The van der Waals surface area contributed by atoms with Crippen molar-refractivity contribution in [2.75, 3.05) is 11.5 Å². The lowest BCUT2D eigenvalue weighted by molar-refractivity contribution is 0.0571. The van der Waals surface area contributed by atoms with E-state index in [1.54, 1.807) is 0 Å². The van der Waals surface area contributed by atoms with Gasteiger partial charge in [-0.1, -0.05) is 0 Å². The Labute approximate surface area is 106 Å². The fourth-order valence-corrected chi connectivity index (χ4v) is 4.12. The summed E-state index contributed by atoms with van der Waals surface area (Å²) in [5.74, 6) is -2.81. The Hall–Kier alpha value is -0.530. The molecule has 1 heterocycles. The third-order valence-corrected chi connectivity index (χ3v) is 5.15. The van der Waals surface area contributed by atoms with Gasteiger partial charge >= 0.3 is 0 Å². The average molecular weight is 327 g/mol. The molecule has 0 amide bonds. The maximum absolute atomic E-state index is 13.8. The van der Waals surface area contributed by atoms with Crippen LogP contribution in [0.3, 0.4) is 0 Å². The fourth-order valence-electron chi connectivity index (χ4n) is 1.98. The normalized spacial score (nSPS) is 27.3. The van der Waals surface area contributed by atoms with Crippen LogP contribution in [0.1, 0.15) is 12.0 Å². The molecule has 1 aromatic carbocycles. The molecule has 1 atom stereocenters. The van der Waals surface area contributed by atoms with Crippen LogP contribution in [0.4, 0.5) is 8.78 Å². The number of hydrogen-bond acceptors (Lipinski definition) is 3. The molecule has 1 fully saturated rings. The van der Waals surface area contributed by atoms with E-state index in [-0.39, 0.29) is 16.6 Å². The summed E-state index contributed by atoms with van der Waals surface area (Å²) in [7, 11) is -3.45. The van der Waals surface area contributed by atoms with E-state index >= 15 is 0 Å². The molecule has 94 valence electrons. The third-order valence-electron chi connectivity index (χ3n) is 2.79. The van der Waals surface area contributed by atoms with Gasteiger partial charge in [-0.25, -0.2) is 17.2 Å². The van der Waals surface area contributed by atoms with Crippen LogP contribution in [0, 0.1) is 11.6 Å². The zero-order valence-electron chi connectivity index (χ0n) is 8.58. The molecule has 1 aliphatic heterocycles. The molecule has 2 rings (SSSR count). The van der Waals surface area contributed by atoms with Crippen LogP contribution >= 0.6 is 15.9 Å². The third kappa shape index (κ3) is 2.23. The van der Waals surface area contributed by atoms with Crippen LogP contribution in [0.15, 0.2) is 16.6 Å². The summed E-state index contributed by atoms with van der Waals surface area (Å²) in [5, 5.41) is 10.1. The predicted molar refractivity (Wildman–Crippen MR) is 61.2 cm³/mol. The number of benzene rings is 1. The van der Waals surface area contributed by atoms with Crippen LogP contribution in [0.25, 0.3) is 0 Å². The minimum atomic E-state index is -3.45. The number of sulfone groups is 1. The Bertz CT molecular complexity index is 573. The second-order valence-electron chi connectivity index (χ2n) is 4.09. The van der Waals surface area contributed by atoms with Gasteiger partial charge in [0.2, 0.25) is 0 Å². The van der Waals surface area contributed by atoms with Crippen LogP contribution in [-0.2, 0) is 15.4 Å². The van der Waals surface area contributed by atoms with Gasteiger partial charge in [0.25, 0.3) is 0 Å². The zero-order valence-corrected chi connectivity index (χ0v) is 11.0. The van der Waals surface area contributed by atoms with E-state index in [9.17, 15) is 22.3 Å². The van der Waals surface area contributed by atoms with Crippen molar-refractivity contribution in [1.29, 1.82) is 0 Å². The molecule has 0 aromatic heterocycles. The van der Waals surface area contributed by atoms with Crippen molar-refractivity contribution >= 4 is 25.8 Å². The number of rotatable bonds is 1. The molecular formula is C10H9BrF2O3S. The monoisotopic (exact) mass is 326 g/mol. The highest BCUT2D eigenvalue weighted by Gasteiger charge is 2.45. The van der Waals surface area contributed by atoms with Crippen molar-refractivity contribution in [3.63, 3.8) is 0 Å². The van der Waals surface area contributed by atoms with Gasteiger partial charge in [-0.15, -0.1) is 0 Å². The van der Waals surface area contributed by atoms with E-state index in [4.69, 9.17) is 0 Å². The first-order chi connectivity index (χ1) is 7.75. The van der Waals surface area contributed by atoms with Crippen molar-refractivity contribution in [3.05, 3.63) is 33.8 Å². The van der Waals surface area contributed by atoms with Crippen molar-refractivity contribution in [3.8, 4) is 0 Å². The Balaban J connectivity index is 2.59. The molecule has 17 heavy (non-hydrogen) atoms. The van der Waals surface area contributed by atoms with Crippen LogP contribution in [0.5, 0.6) is 0 Å². The largest absolute Gasteiger partial charge is 0.384 e. The van der Waals surface area contributed by atoms with Crippen molar-refractivity contribution < 1.29 is 22.3 Å². The number of hydrogen-bond donors (Lipinski definition) is 1. The Kier molecular flexibility index (Phi) is 3.04. The Morgan fingerprint density at radius 3 is 2.53 bits per heavy atom. The maximum atomic E-state index is 13.8. The minimum absolute atomic E-state index is 0.00776. The van der Waals surface area contributed by atoms with E-state index in [0.29, 0.717) is 0 Å². The SMILES string of the molecule is O=S1(=O)CCC(O)(c2c(F)ccc(Br)c2F)C1. The molecule has 0 spiro atoms. The topological polar surface area (TPSA) is 54.4 Å². The van der Waals surface area contributed by atoms with Gasteiger partial charge in [-0.2, -0.15) is 0 Å². The van der Waals surface area contributed by atoms with Crippen LogP contribution < -0.4 is 0 Å². The average Bonchev–Trinajstić information content (AvgIpc) is 2.48. The molecule has 7 heteroatoms. The van der Waals surface area contributed by atoms with Crippen molar-refractivity contribution in [1.82, 2.24) is 0 Å². The van der Waals surface area contributed by atoms with E-state index in [1.165, 1.54) is 6.07 Å². The van der Waals surface area contributed by atoms with Gasteiger partial charge in [-0.05, 0) is 34.5 Å².